The standard InChI is InChI=1S/C14H14N2O2S/c1-17-12-4-2-3-5-13(12)18-9-10-6-7-16-11(8-10)14(15)19/h2-8H,9H2,1H3,(H2,15,19). The molecule has 0 aliphatic heterocycles. The highest BCUT2D eigenvalue weighted by atomic mass is 32.1. The first-order chi connectivity index (χ1) is 9.20. The van der Waals surface area contributed by atoms with E-state index in [1.54, 1.807) is 13.3 Å². The van der Waals surface area contributed by atoms with E-state index in [1.165, 1.54) is 0 Å². The third kappa shape index (κ3) is 3.42. The van der Waals surface area contributed by atoms with E-state index >= 15 is 0 Å². The SMILES string of the molecule is COc1ccccc1OCc1ccnc(C(N)=S)c1. The Morgan fingerprint density at radius 1 is 1.26 bits per heavy atom. The van der Waals surface area contributed by atoms with E-state index in [-0.39, 0.29) is 4.99 Å². The molecule has 0 aliphatic rings. The highest BCUT2D eigenvalue weighted by molar-refractivity contribution is 7.80. The summed E-state index contributed by atoms with van der Waals surface area (Å²) < 4.78 is 10.9. The number of nitrogens with zero attached hydrogens (tertiary/aromatic N) is 1. The summed E-state index contributed by atoms with van der Waals surface area (Å²) in [6.45, 7) is 0.401. The second-order valence-electron chi connectivity index (χ2n) is 3.85. The zero-order valence-electron chi connectivity index (χ0n) is 10.5. The predicted octanol–water partition coefficient (Wildman–Crippen LogP) is 2.30. The molecule has 0 aliphatic carbocycles. The van der Waals surface area contributed by atoms with Gasteiger partial charge in [-0.25, -0.2) is 0 Å². The van der Waals surface area contributed by atoms with E-state index in [0.29, 0.717) is 23.8 Å². The number of hydrogen-bond acceptors (Lipinski definition) is 4. The van der Waals surface area contributed by atoms with Gasteiger partial charge in [0.1, 0.15) is 11.6 Å². The Kier molecular flexibility index (Phi) is 4.30. The van der Waals surface area contributed by atoms with Crippen LogP contribution in [-0.4, -0.2) is 17.1 Å². The Morgan fingerprint density at radius 2 is 2.00 bits per heavy atom. The van der Waals surface area contributed by atoms with Crippen molar-refractivity contribution >= 4 is 17.2 Å². The highest BCUT2D eigenvalue weighted by Crippen LogP contribution is 2.26. The Labute approximate surface area is 117 Å². The van der Waals surface area contributed by atoms with Gasteiger partial charge >= 0.3 is 0 Å². The fourth-order valence-corrected chi connectivity index (χ4v) is 1.71. The summed E-state index contributed by atoms with van der Waals surface area (Å²) in [5.41, 5.74) is 7.09. The number of para-hydroxylation sites is 2. The molecule has 2 rings (SSSR count). The van der Waals surface area contributed by atoms with Crippen molar-refractivity contribution in [2.45, 2.75) is 6.61 Å². The van der Waals surface area contributed by atoms with Crippen molar-refractivity contribution in [2.75, 3.05) is 7.11 Å². The van der Waals surface area contributed by atoms with Crippen LogP contribution in [0.15, 0.2) is 42.6 Å². The topological polar surface area (TPSA) is 57.4 Å². The molecular formula is C14H14N2O2S. The summed E-state index contributed by atoms with van der Waals surface area (Å²) in [5.74, 6) is 1.39. The van der Waals surface area contributed by atoms with E-state index in [1.807, 2.05) is 36.4 Å². The quantitative estimate of drug-likeness (QED) is 0.848. The summed E-state index contributed by atoms with van der Waals surface area (Å²) in [4.78, 5) is 4.36. The first-order valence-electron chi connectivity index (χ1n) is 5.71. The fourth-order valence-electron chi connectivity index (χ4n) is 1.60. The molecule has 0 bridgehead atoms. The second-order valence-corrected chi connectivity index (χ2v) is 4.29. The van der Waals surface area contributed by atoms with Gasteiger partial charge in [-0.15, -0.1) is 0 Å². The van der Waals surface area contributed by atoms with Gasteiger partial charge in [-0.1, -0.05) is 24.4 Å². The summed E-state index contributed by atoms with van der Waals surface area (Å²) in [5, 5.41) is 0. The molecule has 1 aromatic heterocycles. The average Bonchev–Trinajstić information content (AvgIpc) is 2.45. The summed E-state index contributed by atoms with van der Waals surface area (Å²) in [6.07, 6.45) is 1.66. The lowest BCUT2D eigenvalue weighted by Crippen LogP contribution is -2.12. The van der Waals surface area contributed by atoms with Gasteiger partial charge in [0.05, 0.1) is 12.8 Å². The summed E-state index contributed by atoms with van der Waals surface area (Å²) >= 11 is 4.89. The van der Waals surface area contributed by atoms with E-state index in [2.05, 4.69) is 4.98 Å². The summed E-state index contributed by atoms with van der Waals surface area (Å²) in [7, 11) is 1.61. The van der Waals surface area contributed by atoms with Crippen LogP contribution in [0.1, 0.15) is 11.3 Å². The van der Waals surface area contributed by atoms with Gasteiger partial charge in [-0.2, -0.15) is 0 Å². The van der Waals surface area contributed by atoms with Crippen LogP contribution in [0.4, 0.5) is 0 Å². The average molecular weight is 274 g/mol. The lowest BCUT2D eigenvalue weighted by Gasteiger charge is -2.10. The minimum absolute atomic E-state index is 0.277. The zero-order valence-corrected chi connectivity index (χ0v) is 11.3. The van der Waals surface area contributed by atoms with E-state index in [0.717, 1.165) is 5.56 Å². The minimum atomic E-state index is 0.277. The van der Waals surface area contributed by atoms with Gasteiger partial charge < -0.3 is 15.2 Å². The number of thiocarbonyl (C=S) groups is 1. The van der Waals surface area contributed by atoms with Crippen molar-refractivity contribution in [1.29, 1.82) is 0 Å². The van der Waals surface area contributed by atoms with Crippen molar-refractivity contribution in [3.05, 3.63) is 53.9 Å². The Bertz CT molecular complexity index is 587. The number of ether oxygens (including phenoxy) is 2. The normalized spacial score (nSPS) is 9.95. The van der Waals surface area contributed by atoms with Gasteiger partial charge in [0.2, 0.25) is 0 Å². The molecule has 2 aromatic rings. The van der Waals surface area contributed by atoms with Gasteiger partial charge in [-0.3, -0.25) is 4.98 Å². The molecule has 2 N–H and O–H groups in total. The van der Waals surface area contributed by atoms with Crippen LogP contribution in [0.25, 0.3) is 0 Å². The van der Waals surface area contributed by atoms with E-state index in [9.17, 15) is 0 Å². The smallest absolute Gasteiger partial charge is 0.161 e. The van der Waals surface area contributed by atoms with Crippen LogP contribution in [0.3, 0.4) is 0 Å². The van der Waals surface area contributed by atoms with Crippen LogP contribution < -0.4 is 15.2 Å². The Hall–Kier alpha value is -2.14. The number of pyridine rings is 1. The molecule has 1 heterocycles. The molecule has 0 saturated carbocycles. The van der Waals surface area contributed by atoms with E-state index in [4.69, 9.17) is 27.4 Å². The maximum Gasteiger partial charge on any atom is 0.161 e. The summed E-state index contributed by atoms with van der Waals surface area (Å²) in [6, 6.07) is 11.2. The molecule has 5 heteroatoms. The zero-order chi connectivity index (χ0) is 13.7. The third-order valence-corrected chi connectivity index (χ3v) is 2.75. The number of hydrogen-bond donors (Lipinski definition) is 1. The largest absolute Gasteiger partial charge is 0.493 e. The monoisotopic (exact) mass is 274 g/mol. The number of nitrogens with two attached hydrogens (primary N) is 1. The third-order valence-electron chi connectivity index (χ3n) is 2.54. The molecule has 0 spiro atoms. The van der Waals surface area contributed by atoms with Crippen LogP contribution >= 0.6 is 12.2 Å². The van der Waals surface area contributed by atoms with Crippen molar-refractivity contribution in [3.8, 4) is 11.5 Å². The number of benzene rings is 1. The van der Waals surface area contributed by atoms with Gasteiger partial charge in [0.15, 0.2) is 11.5 Å². The number of rotatable bonds is 5. The lowest BCUT2D eigenvalue weighted by molar-refractivity contribution is 0.284. The number of aromatic nitrogens is 1. The Balaban J connectivity index is 2.10. The van der Waals surface area contributed by atoms with E-state index < -0.39 is 0 Å². The van der Waals surface area contributed by atoms with Crippen LogP contribution in [-0.2, 0) is 6.61 Å². The molecule has 0 radical (unpaired) electrons. The first kappa shape index (κ1) is 13.3. The van der Waals surface area contributed by atoms with Crippen molar-refractivity contribution in [2.24, 2.45) is 5.73 Å². The molecular weight excluding hydrogens is 260 g/mol. The molecule has 0 saturated heterocycles. The maximum absolute atomic E-state index is 5.71. The minimum Gasteiger partial charge on any atom is -0.493 e. The predicted molar refractivity (Wildman–Crippen MR) is 77.5 cm³/mol. The van der Waals surface area contributed by atoms with Crippen molar-refractivity contribution < 1.29 is 9.47 Å². The molecule has 0 atom stereocenters. The van der Waals surface area contributed by atoms with Gasteiger partial charge in [0.25, 0.3) is 0 Å². The molecule has 0 amide bonds. The van der Waals surface area contributed by atoms with Crippen LogP contribution in [0.5, 0.6) is 11.5 Å². The first-order valence-corrected chi connectivity index (χ1v) is 6.12. The van der Waals surface area contributed by atoms with Crippen molar-refractivity contribution in [3.63, 3.8) is 0 Å². The molecule has 98 valence electrons. The fraction of sp³-hybridized carbons (Fsp3) is 0.143. The van der Waals surface area contributed by atoms with Gasteiger partial charge in [-0.05, 0) is 29.8 Å². The molecule has 19 heavy (non-hydrogen) atoms. The Morgan fingerprint density at radius 3 is 2.68 bits per heavy atom. The molecule has 4 nitrogen and oxygen atoms in total. The van der Waals surface area contributed by atoms with Crippen LogP contribution in [0.2, 0.25) is 0 Å². The van der Waals surface area contributed by atoms with Crippen LogP contribution in [0, 0.1) is 0 Å². The number of methoxy groups -OCH3 is 1. The molecule has 0 fully saturated rings. The van der Waals surface area contributed by atoms with Gasteiger partial charge in [0, 0.05) is 6.20 Å². The second kappa shape index (κ2) is 6.15. The highest BCUT2D eigenvalue weighted by Gasteiger charge is 2.04. The van der Waals surface area contributed by atoms with Crippen molar-refractivity contribution in [1.82, 2.24) is 4.98 Å². The molecule has 1 aromatic carbocycles. The molecule has 0 unspecified atom stereocenters. The lowest BCUT2D eigenvalue weighted by atomic mass is 10.2. The maximum atomic E-state index is 5.71.